The van der Waals surface area contributed by atoms with Crippen LogP contribution in [0.3, 0.4) is 0 Å². The Hall–Kier alpha value is -2.21. The zero-order chi connectivity index (χ0) is 19.8. The minimum absolute atomic E-state index is 0.0358. The second-order valence-corrected chi connectivity index (χ2v) is 9.48. The van der Waals surface area contributed by atoms with Crippen LogP contribution >= 0.6 is 23.1 Å². The Morgan fingerprint density at radius 2 is 1.96 bits per heavy atom. The molecule has 0 aliphatic heterocycles. The molecule has 3 rings (SSSR count). The van der Waals surface area contributed by atoms with Gasteiger partial charge in [-0.15, -0.1) is 11.3 Å². The van der Waals surface area contributed by atoms with Crippen LogP contribution in [-0.2, 0) is 21.9 Å². The Labute approximate surface area is 163 Å². The van der Waals surface area contributed by atoms with Gasteiger partial charge >= 0.3 is 0 Å². The number of aromatic nitrogens is 2. The van der Waals surface area contributed by atoms with Crippen LogP contribution in [0.4, 0.5) is 5.69 Å². The fourth-order valence-electron chi connectivity index (χ4n) is 2.27. The lowest BCUT2D eigenvalue weighted by Gasteiger charge is -2.13. The van der Waals surface area contributed by atoms with Crippen molar-refractivity contribution in [2.24, 2.45) is 12.2 Å². The van der Waals surface area contributed by atoms with Crippen molar-refractivity contribution in [2.45, 2.75) is 22.2 Å². The number of amides is 1. The highest BCUT2D eigenvalue weighted by atomic mass is 32.2. The average Bonchev–Trinajstić information content (AvgIpc) is 3.07. The van der Waals surface area contributed by atoms with E-state index in [1.54, 1.807) is 25.4 Å². The molecule has 8 nitrogen and oxygen atoms in total. The summed E-state index contributed by atoms with van der Waals surface area (Å²) >= 11 is 2.54. The number of thioether (sulfide) groups is 1. The van der Waals surface area contributed by atoms with Crippen molar-refractivity contribution < 1.29 is 13.2 Å². The highest BCUT2D eigenvalue weighted by Crippen LogP contribution is 2.25. The number of nitrogens with one attached hydrogen (secondary N) is 1. The fourth-order valence-corrected chi connectivity index (χ4v) is 4.46. The summed E-state index contributed by atoms with van der Waals surface area (Å²) in [5.74, 6) is -0.302. The lowest BCUT2D eigenvalue weighted by molar-refractivity contribution is -0.115. The average molecular weight is 425 g/mol. The molecule has 3 N–H and O–H groups in total. The van der Waals surface area contributed by atoms with E-state index in [2.05, 4.69) is 10.3 Å². The van der Waals surface area contributed by atoms with Crippen molar-refractivity contribution in [3.8, 4) is 0 Å². The Bertz CT molecular complexity index is 1170. The van der Waals surface area contributed by atoms with E-state index in [0.717, 1.165) is 0 Å². The molecule has 0 saturated heterocycles. The summed E-state index contributed by atoms with van der Waals surface area (Å²) < 4.78 is 23.9. The Morgan fingerprint density at radius 1 is 1.30 bits per heavy atom. The van der Waals surface area contributed by atoms with Gasteiger partial charge < -0.3 is 5.32 Å². The number of thiophene rings is 1. The van der Waals surface area contributed by atoms with Crippen molar-refractivity contribution in [1.29, 1.82) is 0 Å². The van der Waals surface area contributed by atoms with Crippen LogP contribution in [0.5, 0.6) is 0 Å². The predicted octanol–water partition coefficient (Wildman–Crippen LogP) is 1.76. The Kier molecular flexibility index (Phi) is 5.38. The number of nitrogens with zero attached hydrogens (tertiary/aromatic N) is 2. The number of rotatable bonds is 5. The first-order valence-corrected chi connectivity index (χ1v) is 11.0. The lowest BCUT2D eigenvalue weighted by Crippen LogP contribution is -2.25. The fraction of sp³-hybridized carbons (Fsp3) is 0.188. The highest BCUT2D eigenvalue weighted by molar-refractivity contribution is 8.00. The first kappa shape index (κ1) is 19.5. The number of sulfonamides is 1. The first-order chi connectivity index (χ1) is 12.7. The number of benzene rings is 1. The summed E-state index contributed by atoms with van der Waals surface area (Å²) in [6.45, 7) is 1.70. The van der Waals surface area contributed by atoms with Gasteiger partial charge in [-0.1, -0.05) is 11.8 Å². The number of hydrogen-bond donors (Lipinski definition) is 2. The quantitative estimate of drug-likeness (QED) is 0.475. The minimum atomic E-state index is -3.78. The molecule has 0 radical (unpaired) electrons. The third-order valence-corrected chi connectivity index (χ3v) is 6.65. The number of carbonyl (C=O) groups excluding carboxylic acids is 1. The Morgan fingerprint density at radius 3 is 2.59 bits per heavy atom. The molecule has 1 amide bonds. The molecule has 0 spiro atoms. The van der Waals surface area contributed by atoms with E-state index in [9.17, 15) is 18.0 Å². The van der Waals surface area contributed by atoms with Crippen molar-refractivity contribution >= 4 is 54.9 Å². The molecular weight excluding hydrogens is 408 g/mol. The van der Waals surface area contributed by atoms with E-state index in [1.165, 1.54) is 51.9 Å². The minimum Gasteiger partial charge on any atom is -0.325 e. The summed E-state index contributed by atoms with van der Waals surface area (Å²) in [6.07, 6.45) is 0. The molecular formula is C16H16N4O4S3. The molecule has 11 heteroatoms. The number of carbonyl (C=O) groups is 1. The predicted molar refractivity (Wildman–Crippen MR) is 107 cm³/mol. The largest absolute Gasteiger partial charge is 0.325 e. The van der Waals surface area contributed by atoms with E-state index >= 15 is 0 Å². The zero-order valence-corrected chi connectivity index (χ0v) is 16.8. The van der Waals surface area contributed by atoms with E-state index < -0.39 is 15.3 Å². The van der Waals surface area contributed by atoms with E-state index in [0.29, 0.717) is 21.1 Å². The number of anilines is 1. The summed E-state index contributed by atoms with van der Waals surface area (Å²) in [4.78, 5) is 29.8. The molecule has 0 aliphatic carbocycles. The summed E-state index contributed by atoms with van der Waals surface area (Å²) in [6, 6.07) is 7.28. The van der Waals surface area contributed by atoms with Crippen LogP contribution in [-0.4, -0.2) is 29.1 Å². The smallest absolute Gasteiger partial charge is 0.262 e. The monoisotopic (exact) mass is 424 g/mol. The van der Waals surface area contributed by atoms with Crippen LogP contribution in [0.15, 0.2) is 50.6 Å². The summed E-state index contributed by atoms with van der Waals surface area (Å²) in [7, 11) is -2.17. The number of nitrogens with two attached hydrogens (primary N) is 1. The van der Waals surface area contributed by atoms with Crippen LogP contribution in [0.25, 0.3) is 10.2 Å². The molecule has 0 aliphatic rings. The molecule has 2 aromatic heterocycles. The van der Waals surface area contributed by atoms with Crippen molar-refractivity contribution in [1.82, 2.24) is 9.55 Å². The van der Waals surface area contributed by atoms with Crippen LogP contribution in [0.2, 0.25) is 0 Å². The van der Waals surface area contributed by atoms with Crippen LogP contribution < -0.4 is 16.0 Å². The van der Waals surface area contributed by atoms with Gasteiger partial charge in [0.05, 0.1) is 15.5 Å². The van der Waals surface area contributed by atoms with E-state index in [1.807, 2.05) is 0 Å². The summed E-state index contributed by atoms with van der Waals surface area (Å²) in [5, 5.41) is 10.0. The number of primary sulfonamides is 1. The molecule has 3 aromatic rings. The van der Waals surface area contributed by atoms with Gasteiger partial charge in [0.2, 0.25) is 15.9 Å². The third-order valence-electron chi connectivity index (χ3n) is 3.77. The zero-order valence-electron chi connectivity index (χ0n) is 14.4. The third kappa shape index (κ3) is 4.21. The molecule has 142 valence electrons. The van der Waals surface area contributed by atoms with Gasteiger partial charge in [-0.05, 0) is 42.6 Å². The van der Waals surface area contributed by atoms with Gasteiger partial charge in [0, 0.05) is 12.7 Å². The molecule has 0 fully saturated rings. The maximum Gasteiger partial charge on any atom is 0.262 e. The topological polar surface area (TPSA) is 124 Å². The van der Waals surface area contributed by atoms with Gasteiger partial charge in [-0.3, -0.25) is 14.2 Å². The standard InChI is InChI=1S/C16H16N4O4S3/c1-9(13(21)18-10-3-5-11(6-4-10)27(17,23)24)26-16-19-14-12(7-8-25-14)15(22)20(16)2/h3-9H,1-2H3,(H,18,21)(H2,17,23,24)/t9-/m0/s1. The number of hydrogen-bond acceptors (Lipinski definition) is 7. The molecule has 1 atom stereocenters. The second-order valence-electron chi connectivity index (χ2n) is 5.72. The normalized spacial score (nSPS) is 12.9. The van der Waals surface area contributed by atoms with Crippen LogP contribution in [0, 0.1) is 0 Å². The maximum atomic E-state index is 12.4. The SMILES string of the molecule is C[C@H](Sc1nc2sccc2c(=O)n1C)C(=O)Nc1ccc(S(N)(=O)=O)cc1. The second kappa shape index (κ2) is 7.43. The van der Waals surface area contributed by atoms with E-state index in [4.69, 9.17) is 5.14 Å². The molecule has 0 saturated carbocycles. The highest BCUT2D eigenvalue weighted by Gasteiger charge is 2.19. The van der Waals surface area contributed by atoms with Gasteiger partial charge in [-0.25, -0.2) is 18.5 Å². The number of fused-ring (bicyclic) bond motifs is 1. The Balaban J connectivity index is 1.75. The molecule has 1 aromatic carbocycles. The summed E-state index contributed by atoms with van der Waals surface area (Å²) in [5.41, 5.74) is 0.283. The lowest BCUT2D eigenvalue weighted by atomic mass is 10.3. The van der Waals surface area contributed by atoms with Crippen molar-refractivity contribution in [3.05, 3.63) is 46.1 Å². The molecule has 27 heavy (non-hydrogen) atoms. The van der Waals surface area contributed by atoms with Gasteiger partial charge in [0.1, 0.15) is 4.83 Å². The first-order valence-electron chi connectivity index (χ1n) is 7.71. The van der Waals surface area contributed by atoms with Gasteiger partial charge in [0.25, 0.3) is 5.56 Å². The van der Waals surface area contributed by atoms with Crippen molar-refractivity contribution in [2.75, 3.05) is 5.32 Å². The molecule has 0 bridgehead atoms. The van der Waals surface area contributed by atoms with Gasteiger partial charge in [-0.2, -0.15) is 0 Å². The van der Waals surface area contributed by atoms with Gasteiger partial charge in [0.15, 0.2) is 5.16 Å². The molecule has 0 unspecified atom stereocenters. The molecule has 2 heterocycles. The van der Waals surface area contributed by atoms with Crippen molar-refractivity contribution in [3.63, 3.8) is 0 Å². The van der Waals surface area contributed by atoms with Crippen LogP contribution in [0.1, 0.15) is 6.92 Å². The van der Waals surface area contributed by atoms with E-state index in [-0.39, 0.29) is 16.4 Å². The maximum absolute atomic E-state index is 12.4.